The molecule has 1 saturated heterocycles. The Hall–Kier alpha value is -1.45. The van der Waals surface area contributed by atoms with Crippen LogP contribution in [0.5, 0.6) is 0 Å². The van der Waals surface area contributed by atoms with E-state index in [1.807, 2.05) is 30.3 Å². The first-order chi connectivity index (χ1) is 9.22. The molecule has 0 N–H and O–H groups in total. The van der Waals surface area contributed by atoms with Gasteiger partial charge in [0.25, 0.3) is 0 Å². The Morgan fingerprint density at radius 3 is 2.63 bits per heavy atom. The molecule has 19 heavy (non-hydrogen) atoms. The summed E-state index contributed by atoms with van der Waals surface area (Å²) in [7, 11) is 0. The van der Waals surface area contributed by atoms with Crippen LogP contribution in [0.3, 0.4) is 0 Å². The van der Waals surface area contributed by atoms with Crippen LogP contribution in [0.25, 0.3) is 11.3 Å². The van der Waals surface area contributed by atoms with Gasteiger partial charge >= 0.3 is 0 Å². The summed E-state index contributed by atoms with van der Waals surface area (Å²) in [5, 5.41) is 0.465. The van der Waals surface area contributed by atoms with E-state index in [0.717, 1.165) is 24.1 Å². The number of hydrogen-bond acceptors (Lipinski definition) is 3. The Kier molecular flexibility index (Phi) is 3.49. The minimum Gasteiger partial charge on any atom is -0.367 e. The van der Waals surface area contributed by atoms with E-state index in [-0.39, 0.29) is 12.2 Å². The molecule has 4 heteroatoms. The summed E-state index contributed by atoms with van der Waals surface area (Å²) in [4.78, 5) is 8.90. The quantitative estimate of drug-likeness (QED) is 0.776. The minimum absolute atomic E-state index is 0.0313. The van der Waals surface area contributed by atoms with Crippen LogP contribution in [0.15, 0.2) is 36.4 Å². The predicted molar refractivity (Wildman–Crippen MR) is 75.0 cm³/mol. The van der Waals surface area contributed by atoms with Crippen molar-refractivity contribution in [3.8, 4) is 11.3 Å². The van der Waals surface area contributed by atoms with Gasteiger partial charge in [0.2, 0.25) is 0 Å². The van der Waals surface area contributed by atoms with Gasteiger partial charge in [0.05, 0.1) is 11.8 Å². The van der Waals surface area contributed by atoms with Crippen molar-refractivity contribution in [1.82, 2.24) is 9.97 Å². The number of ether oxygens (including phenoxy) is 1. The predicted octanol–water partition coefficient (Wildman–Crippen LogP) is 4.04. The summed E-state index contributed by atoms with van der Waals surface area (Å²) in [6.07, 6.45) is 2.24. The van der Waals surface area contributed by atoms with Crippen LogP contribution in [-0.4, -0.2) is 16.1 Å². The number of benzene rings is 1. The van der Waals surface area contributed by atoms with Crippen molar-refractivity contribution in [2.24, 2.45) is 0 Å². The van der Waals surface area contributed by atoms with Gasteiger partial charge in [-0.1, -0.05) is 41.9 Å². The van der Waals surface area contributed by atoms with Gasteiger partial charge in [-0.3, -0.25) is 0 Å². The van der Waals surface area contributed by atoms with Crippen LogP contribution in [0.4, 0.5) is 0 Å². The zero-order chi connectivity index (χ0) is 13.2. The molecule has 2 atom stereocenters. The third-order valence-corrected chi connectivity index (χ3v) is 3.50. The van der Waals surface area contributed by atoms with Crippen molar-refractivity contribution in [3.63, 3.8) is 0 Å². The highest BCUT2D eigenvalue weighted by Crippen LogP contribution is 2.32. The molecule has 1 aromatic carbocycles. The third-order valence-electron chi connectivity index (χ3n) is 3.30. The van der Waals surface area contributed by atoms with E-state index in [0.29, 0.717) is 11.0 Å². The molecule has 2 heterocycles. The molecule has 98 valence electrons. The zero-order valence-corrected chi connectivity index (χ0v) is 11.5. The van der Waals surface area contributed by atoms with E-state index < -0.39 is 0 Å². The summed E-state index contributed by atoms with van der Waals surface area (Å²) in [6, 6.07) is 11.8. The molecule has 1 aromatic heterocycles. The summed E-state index contributed by atoms with van der Waals surface area (Å²) >= 11 is 6.11. The highest BCUT2D eigenvalue weighted by atomic mass is 35.5. The SMILES string of the molecule is CC1CCC(c2nc(Cl)cc(-c3ccccc3)n2)O1. The molecule has 3 rings (SSSR count). The second-order valence-corrected chi connectivity index (χ2v) is 5.20. The van der Waals surface area contributed by atoms with E-state index in [1.165, 1.54) is 0 Å². The number of hydrogen-bond donors (Lipinski definition) is 0. The standard InChI is InChI=1S/C15H15ClN2O/c1-10-7-8-13(19-10)15-17-12(9-14(16)18-15)11-5-3-2-4-6-11/h2-6,9-10,13H,7-8H2,1H3. The lowest BCUT2D eigenvalue weighted by Gasteiger charge is -2.11. The largest absolute Gasteiger partial charge is 0.367 e. The third kappa shape index (κ3) is 2.77. The molecule has 0 saturated carbocycles. The first kappa shape index (κ1) is 12.6. The van der Waals surface area contributed by atoms with Crippen molar-refractivity contribution in [3.05, 3.63) is 47.4 Å². The minimum atomic E-state index is -0.0313. The Morgan fingerprint density at radius 2 is 1.95 bits per heavy atom. The maximum atomic E-state index is 6.11. The second-order valence-electron chi connectivity index (χ2n) is 4.81. The van der Waals surface area contributed by atoms with Crippen LogP contribution in [0.2, 0.25) is 5.15 Å². The molecular weight excluding hydrogens is 260 g/mol. The van der Waals surface area contributed by atoms with Crippen molar-refractivity contribution < 1.29 is 4.74 Å². The van der Waals surface area contributed by atoms with Gasteiger partial charge in [0.15, 0.2) is 5.82 Å². The molecule has 1 fully saturated rings. The molecule has 0 radical (unpaired) electrons. The number of aromatic nitrogens is 2. The average molecular weight is 275 g/mol. The van der Waals surface area contributed by atoms with Gasteiger partial charge in [0.1, 0.15) is 11.3 Å². The molecule has 3 nitrogen and oxygen atoms in total. The highest BCUT2D eigenvalue weighted by molar-refractivity contribution is 6.29. The molecule has 1 aliphatic rings. The maximum Gasteiger partial charge on any atom is 0.159 e. The normalized spacial score (nSPS) is 22.6. The molecular formula is C15H15ClN2O. The van der Waals surface area contributed by atoms with E-state index in [9.17, 15) is 0 Å². The lowest BCUT2D eigenvalue weighted by molar-refractivity contribution is 0.0503. The number of nitrogens with zero attached hydrogens (tertiary/aromatic N) is 2. The highest BCUT2D eigenvalue weighted by Gasteiger charge is 2.26. The summed E-state index contributed by atoms with van der Waals surface area (Å²) in [6.45, 7) is 2.07. The van der Waals surface area contributed by atoms with E-state index in [1.54, 1.807) is 6.07 Å². The molecule has 0 amide bonds. The fourth-order valence-electron chi connectivity index (χ4n) is 2.33. The van der Waals surface area contributed by atoms with Gasteiger partial charge in [0, 0.05) is 11.6 Å². The Balaban J connectivity index is 1.97. The molecule has 2 aromatic rings. The topological polar surface area (TPSA) is 35.0 Å². The number of halogens is 1. The van der Waals surface area contributed by atoms with Crippen molar-refractivity contribution in [1.29, 1.82) is 0 Å². The van der Waals surface area contributed by atoms with Crippen molar-refractivity contribution >= 4 is 11.6 Å². The molecule has 2 unspecified atom stereocenters. The molecule has 0 bridgehead atoms. The van der Waals surface area contributed by atoms with E-state index in [4.69, 9.17) is 16.3 Å². The molecule has 0 spiro atoms. The van der Waals surface area contributed by atoms with Crippen LogP contribution in [0, 0.1) is 0 Å². The second kappa shape index (κ2) is 5.27. The van der Waals surface area contributed by atoms with Crippen LogP contribution in [0.1, 0.15) is 31.7 Å². The summed E-state index contributed by atoms with van der Waals surface area (Å²) < 4.78 is 5.81. The number of rotatable bonds is 2. The first-order valence-electron chi connectivity index (χ1n) is 6.48. The Bertz CT molecular complexity index is 574. The monoisotopic (exact) mass is 274 g/mol. The average Bonchev–Trinajstić information content (AvgIpc) is 2.86. The van der Waals surface area contributed by atoms with Gasteiger partial charge < -0.3 is 4.74 Å². The zero-order valence-electron chi connectivity index (χ0n) is 10.7. The van der Waals surface area contributed by atoms with E-state index in [2.05, 4.69) is 16.9 Å². The van der Waals surface area contributed by atoms with Gasteiger partial charge in [-0.05, 0) is 19.8 Å². The lowest BCUT2D eigenvalue weighted by Crippen LogP contribution is -2.06. The Labute approximate surface area is 117 Å². The fourth-order valence-corrected chi connectivity index (χ4v) is 2.52. The van der Waals surface area contributed by atoms with Crippen LogP contribution < -0.4 is 0 Å². The van der Waals surface area contributed by atoms with Gasteiger partial charge in [-0.2, -0.15) is 0 Å². The van der Waals surface area contributed by atoms with Gasteiger partial charge in [-0.15, -0.1) is 0 Å². The lowest BCUT2D eigenvalue weighted by atomic mass is 10.1. The van der Waals surface area contributed by atoms with Gasteiger partial charge in [-0.25, -0.2) is 9.97 Å². The van der Waals surface area contributed by atoms with Crippen molar-refractivity contribution in [2.45, 2.75) is 32.0 Å². The van der Waals surface area contributed by atoms with Crippen LogP contribution in [-0.2, 0) is 4.74 Å². The Morgan fingerprint density at radius 1 is 1.16 bits per heavy atom. The fraction of sp³-hybridized carbons (Fsp3) is 0.333. The smallest absolute Gasteiger partial charge is 0.159 e. The van der Waals surface area contributed by atoms with Crippen LogP contribution >= 0.6 is 11.6 Å². The molecule has 0 aliphatic carbocycles. The maximum absolute atomic E-state index is 6.11. The van der Waals surface area contributed by atoms with E-state index >= 15 is 0 Å². The summed E-state index contributed by atoms with van der Waals surface area (Å²) in [5.74, 6) is 0.690. The summed E-state index contributed by atoms with van der Waals surface area (Å²) in [5.41, 5.74) is 1.89. The molecule has 1 aliphatic heterocycles. The van der Waals surface area contributed by atoms with Crippen molar-refractivity contribution in [2.75, 3.05) is 0 Å². The first-order valence-corrected chi connectivity index (χ1v) is 6.85.